The van der Waals surface area contributed by atoms with Gasteiger partial charge in [0.05, 0.1) is 5.69 Å². The number of carbonyl (C=O) groups excluding carboxylic acids is 1. The maximum Gasteiger partial charge on any atom is 0.329 e. The predicted molar refractivity (Wildman–Crippen MR) is 107 cm³/mol. The highest BCUT2D eigenvalue weighted by Crippen LogP contribution is 2.29. The van der Waals surface area contributed by atoms with Gasteiger partial charge in [-0.05, 0) is 66.6 Å². The first-order valence-corrected chi connectivity index (χ1v) is 9.48. The van der Waals surface area contributed by atoms with E-state index in [1.54, 1.807) is 19.9 Å². The first-order chi connectivity index (χ1) is 13.8. The molecular formula is C22H22FN3O3. The lowest BCUT2D eigenvalue weighted by Gasteiger charge is -2.12. The van der Waals surface area contributed by atoms with Crippen molar-refractivity contribution in [3.05, 3.63) is 75.1 Å². The average molecular weight is 395 g/mol. The number of rotatable bonds is 4. The largest absolute Gasteiger partial charge is 0.493 e. The molecule has 29 heavy (non-hydrogen) atoms. The van der Waals surface area contributed by atoms with Crippen molar-refractivity contribution in [1.29, 1.82) is 0 Å². The number of hydrogen-bond acceptors (Lipinski definition) is 3. The zero-order valence-electron chi connectivity index (χ0n) is 16.3. The number of aryl methyl sites for hydroxylation is 2. The Morgan fingerprint density at radius 1 is 1.17 bits per heavy atom. The summed E-state index contributed by atoms with van der Waals surface area (Å²) in [7, 11) is 0. The zero-order valence-corrected chi connectivity index (χ0v) is 16.3. The topological polar surface area (TPSA) is 87.1 Å². The molecule has 150 valence electrons. The molecule has 1 unspecified atom stereocenters. The molecule has 1 amide bonds. The van der Waals surface area contributed by atoms with Crippen LogP contribution < -0.4 is 11.0 Å². The molecule has 0 radical (unpaired) electrons. The second-order valence-electron chi connectivity index (χ2n) is 7.59. The number of amides is 1. The van der Waals surface area contributed by atoms with Crippen molar-refractivity contribution in [3.8, 4) is 17.0 Å². The van der Waals surface area contributed by atoms with Gasteiger partial charge in [-0.15, -0.1) is 0 Å². The van der Waals surface area contributed by atoms with Crippen molar-refractivity contribution in [1.82, 2.24) is 14.9 Å². The van der Waals surface area contributed by atoms with Gasteiger partial charge in [0, 0.05) is 6.04 Å². The molecule has 1 aliphatic carbocycles. The molecule has 3 N–H and O–H groups in total. The summed E-state index contributed by atoms with van der Waals surface area (Å²) in [5, 5.41) is 12.8. The first kappa shape index (κ1) is 19.0. The summed E-state index contributed by atoms with van der Waals surface area (Å²) in [4.78, 5) is 26.6. The minimum atomic E-state index is -0.510. The standard InChI is InChI=1S/C22H22FN3O3/c1-12-7-14(5-6-19(12)23)15-3-4-16-9-18(10-17(16)8-15)25-20(27)11-26-21(28)13(2)24-22(26)29/h3-8,18,28H,9-11H2,1-2H3,(H,24,29)(H,25,27). The maximum atomic E-state index is 13.5. The summed E-state index contributed by atoms with van der Waals surface area (Å²) in [5.74, 6) is -0.770. The first-order valence-electron chi connectivity index (χ1n) is 9.48. The van der Waals surface area contributed by atoms with E-state index in [0.717, 1.165) is 26.8 Å². The smallest absolute Gasteiger partial charge is 0.329 e. The lowest BCUT2D eigenvalue weighted by molar-refractivity contribution is -0.122. The summed E-state index contributed by atoms with van der Waals surface area (Å²) in [6.07, 6.45) is 1.39. The van der Waals surface area contributed by atoms with E-state index < -0.39 is 5.69 Å². The summed E-state index contributed by atoms with van der Waals surface area (Å²) in [6.45, 7) is 3.08. The van der Waals surface area contributed by atoms with Crippen LogP contribution in [0.4, 0.5) is 4.39 Å². The molecule has 0 bridgehead atoms. The molecule has 3 aromatic rings. The summed E-state index contributed by atoms with van der Waals surface area (Å²) in [6, 6.07) is 11.1. The van der Waals surface area contributed by atoms with Crippen LogP contribution >= 0.6 is 0 Å². The molecule has 0 saturated heterocycles. The SMILES string of the molecule is Cc1cc(-c2ccc3c(c2)CC(NC(=O)Cn2c(O)c(C)[nH]c2=O)C3)ccc1F. The molecule has 2 aromatic carbocycles. The van der Waals surface area contributed by atoms with Gasteiger partial charge in [-0.3, -0.25) is 9.36 Å². The van der Waals surface area contributed by atoms with Crippen LogP contribution in [0.25, 0.3) is 11.1 Å². The molecule has 1 heterocycles. The third-order valence-electron chi connectivity index (χ3n) is 5.43. The van der Waals surface area contributed by atoms with E-state index in [-0.39, 0.29) is 30.2 Å². The molecule has 1 aromatic heterocycles. The number of H-pyrrole nitrogens is 1. The number of imidazole rings is 1. The maximum absolute atomic E-state index is 13.5. The number of halogens is 1. The molecule has 1 atom stereocenters. The fourth-order valence-corrected chi connectivity index (χ4v) is 3.87. The Morgan fingerprint density at radius 3 is 2.55 bits per heavy atom. The molecule has 1 aliphatic rings. The van der Waals surface area contributed by atoms with E-state index in [4.69, 9.17) is 0 Å². The fraction of sp³-hybridized carbons (Fsp3) is 0.273. The summed E-state index contributed by atoms with van der Waals surface area (Å²) in [5.41, 5.74) is 4.70. The predicted octanol–water partition coefficient (Wildman–Crippen LogP) is 2.59. The van der Waals surface area contributed by atoms with Crippen molar-refractivity contribution in [2.24, 2.45) is 0 Å². The van der Waals surface area contributed by atoms with Gasteiger partial charge in [0.1, 0.15) is 12.4 Å². The van der Waals surface area contributed by atoms with Crippen molar-refractivity contribution in [2.75, 3.05) is 0 Å². The highest BCUT2D eigenvalue weighted by Gasteiger charge is 2.24. The van der Waals surface area contributed by atoms with Crippen LogP contribution in [0.5, 0.6) is 5.88 Å². The third-order valence-corrected chi connectivity index (χ3v) is 5.43. The summed E-state index contributed by atoms with van der Waals surface area (Å²) < 4.78 is 14.6. The quantitative estimate of drug-likeness (QED) is 0.635. The van der Waals surface area contributed by atoms with Crippen LogP contribution in [0.1, 0.15) is 22.4 Å². The Balaban J connectivity index is 1.45. The van der Waals surface area contributed by atoms with Crippen LogP contribution in [0.2, 0.25) is 0 Å². The number of nitrogens with one attached hydrogen (secondary N) is 2. The Morgan fingerprint density at radius 2 is 1.86 bits per heavy atom. The van der Waals surface area contributed by atoms with Gasteiger partial charge in [-0.25, -0.2) is 9.18 Å². The van der Waals surface area contributed by atoms with Gasteiger partial charge < -0.3 is 15.4 Å². The number of benzene rings is 2. The van der Waals surface area contributed by atoms with Crippen LogP contribution in [0.15, 0.2) is 41.2 Å². The lowest BCUT2D eigenvalue weighted by atomic mass is 9.99. The second kappa shape index (κ2) is 7.24. The van der Waals surface area contributed by atoms with Gasteiger partial charge >= 0.3 is 5.69 Å². The van der Waals surface area contributed by atoms with Crippen molar-refractivity contribution < 1.29 is 14.3 Å². The van der Waals surface area contributed by atoms with E-state index in [1.165, 1.54) is 6.07 Å². The molecule has 0 saturated carbocycles. The Labute approximate surface area is 167 Å². The number of aromatic hydroxyl groups is 1. The van der Waals surface area contributed by atoms with E-state index in [1.807, 2.05) is 18.2 Å². The van der Waals surface area contributed by atoms with Gasteiger partial charge in [0.15, 0.2) is 0 Å². The van der Waals surface area contributed by atoms with Crippen molar-refractivity contribution in [2.45, 2.75) is 39.3 Å². The lowest BCUT2D eigenvalue weighted by Crippen LogP contribution is -2.38. The monoisotopic (exact) mass is 395 g/mol. The van der Waals surface area contributed by atoms with E-state index >= 15 is 0 Å². The number of aromatic nitrogens is 2. The molecular weight excluding hydrogens is 373 g/mol. The second-order valence-corrected chi connectivity index (χ2v) is 7.59. The molecule has 4 rings (SSSR count). The van der Waals surface area contributed by atoms with E-state index in [9.17, 15) is 19.1 Å². The number of nitrogens with zero attached hydrogens (tertiary/aromatic N) is 1. The number of hydrogen-bond donors (Lipinski definition) is 3. The Hall–Kier alpha value is -3.35. The highest BCUT2D eigenvalue weighted by atomic mass is 19.1. The molecule has 0 aliphatic heterocycles. The number of aromatic amines is 1. The number of fused-ring (bicyclic) bond motifs is 1. The Kier molecular flexibility index (Phi) is 4.74. The fourth-order valence-electron chi connectivity index (χ4n) is 3.87. The third kappa shape index (κ3) is 3.68. The molecule has 0 fully saturated rings. The minimum absolute atomic E-state index is 0.0689. The van der Waals surface area contributed by atoms with E-state index in [0.29, 0.717) is 24.1 Å². The van der Waals surface area contributed by atoms with Crippen LogP contribution in [0, 0.1) is 19.7 Å². The molecule has 0 spiro atoms. The highest BCUT2D eigenvalue weighted by molar-refractivity contribution is 5.76. The van der Waals surface area contributed by atoms with Gasteiger partial charge in [0.25, 0.3) is 0 Å². The van der Waals surface area contributed by atoms with Crippen LogP contribution in [-0.4, -0.2) is 26.6 Å². The van der Waals surface area contributed by atoms with E-state index in [2.05, 4.69) is 16.4 Å². The zero-order chi connectivity index (χ0) is 20.7. The molecule has 7 heteroatoms. The van der Waals surface area contributed by atoms with Crippen LogP contribution in [-0.2, 0) is 24.2 Å². The summed E-state index contributed by atoms with van der Waals surface area (Å²) >= 11 is 0. The molecule has 6 nitrogen and oxygen atoms in total. The van der Waals surface area contributed by atoms with Gasteiger partial charge in [-0.1, -0.05) is 24.3 Å². The number of carbonyl (C=O) groups is 1. The van der Waals surface area contributed by atoms with Crippen molar-refractivity contribution >= 4 is 5.91 Å². The average Bonchev–Trinajstić information content (AvgIpc) is 3.18. The minimum Gasteiger partial charge on any atom is -0.493 e. The Bertz CT molecular complexity index is 1160. The normalized spacial score (nSPS) is 15.3. The van der Waals surface area contributed by atoms with Crippen LogP contribution in [0.3, 0.4) is 0 Å². The van der Waals surface area contributed by atoms with Crippen molar-refractivity contribution in [3.63, 3.8) is 0 Å². The van der Waals surface area contributed by atoms with Gasteiger partial charge in [-0.2, -0.15) is 0 Å². The van der Waals surface area contributed by atoms with Gasteiger partial charge in [0.2, 0.25) is 11.8 Å².